The van der Waals surface area contributed by atoms with Gasteiger partial charge in [-0.1, -0.05) is 12.1 Å². The maximum absolute atomic E-state index is 7.47. The second-order valence-electron chi connectivity index (χ2n) is 3.76. The third-order valence-electron chi connectivity index (χ3n) is 2.59. The highest BCUT2D eigenvalue weighted by Gasteiger charge is 2.14. The number of benzene rings is 1. The average molecular weight is 205 g/mol. The van der Waals surface area contributed by atoms with Gasteiger partial charge < -0.3 is 10.6 Å². The number of nitrogens with zero attached hydrogens (tertiary/aromatic N) is 1. The van der Waals surface area contributed by atoms with Crippen molar-refractivity contribution in [2.24, 2.45) is 5.73 Å². The van der Waals surface area contributed by atoms with E-state index in [1.807, 2.05) is 13.0 Å². The monoisotopic (exact) mass is 205 g/mol. The number of hydrogen-bond acceptors (Lipinski definition) is 2. The molecule has 0 saturated heterocycles. The third kappa shape index (κ3) is 2.72. The number of hydrogen-bond donors (Lipinski definition) is 2. The Bertz CT molecular complexity index is 346. The molecule has 0 aliphatic rings. The number of nitrogens with one attached hydrogen (secondary N) is 1. The summed E-state index contributed by atoms with van der Waals surface area (Å²) in [5.74, 6) is 0.207. The topological polar surface area (TPSA) is 53.1 Å². The van der Waals surface area contributed by atoms with Crippen LogP contribution < -0.4 is 10.6 Å². The van der Waals surface area contributed by atoms with E-state index in [9.17, 15) is 0 Å². The fourth-order valence-electron chi connectivity index (χ4n) is 1.65. The quantitative estimate of drug-likeness (QED) is 0.584. The highest BCUT2D eigenvalue weighted by Crippen LogP contribution is 2.18. The molecule has 0 aliphatic carbocycles. The SMILES string of the molecule is CCN(c1cccc(C)c1)C(C)C(=N)N. The van der Waals surface area contributed by atoms with Crippen LogP contribution in [0.5, 0.6) is 0 Å². The summed E-state index contributed by atoms with van der Waals surface area (Å²) in [6.45, 7) is 6.94. The molecule has 0 saturated carbocycles. The first-order valence-corrected chi connectivity index (χ1v) is 5.23. The lowest BCUT2D eigenvalue weighted by molar-refractivity contribution is 0.777. The molecular weight excluding hydrogens is 186 g/mol. The van der Waals surface area contributed by atoms with Gasteiger partial charge in [0.25, 0.3) is 0 Å². The fourth-order valence-corrected chi connectivity index (χ4v) is 1.65. The van der Waals surface area contributed by atoms with Crippen molar-refractivity contribution in [3.05, 3.63) is 29.8 Å². The molecule has 0 bridgehead atoms. The van der Waals surface area contributed by atoms with Gasteiger partial charge >= 0.3 is 0 Å². The molecule has 0 fully saturated rings. The Labute approximate surface area is 91.4 Å². The molecule has 1 rings (SSSR count). The van der Waals surface area contributed by atoms with Gasteiger partial charge in [-0.2, -0.15) is 0 Å². The molecule has 0 heterocycles. The molecule has 3 heteroatoms. The van der Waals surface area contributed by atoms with Crippen molar-refractivity contribution in [2.45, 2.75) is 26.8 Å². The molecule has 0 aromatic heterocycles. The summed E-state index contributed by atoms with van der Waals surface area (Å²) >= 11 is 0. The predicted molar refractivity (Wildman–Crippen MR) is 65.6 cm³/mol. The third-order valence-corrected chi connectivity index (χ3v) is 2.59. The Balaban J connectivity index is 2.97. The molecule has 1 aromatic rings. The summed E-state index contributed by atoms with van der Waals surface area (Å²) in [5, 5.41) is 7.47. The van der Waals surface area contributed by atoms with Crippen molar-refractivity contribution >= 4 is 11.5 Å². The second-order valence-corrected chi connectivity index (χ2v) is 3.76. The molecule has 82 valence electrons. The van der Waals surface area contributed by atoms with Crippen molar-refractivity contribution in [1.29, 1.82) is 5.41 Å². The van der Waals surface area contributed by atoms with Crippen LogP contribution in [0.1, 0.15) is 19.4 Å². The average Bonchev–Trinajstić information content (AvgIpc) is 2.18. The summed E-state index contributed by atoms with van der Waals surface area (Å²) in [7, 11) is 0. The molecular formula is C12H19N3. The second kappa shape index (κ2) is 4.82. The summed E-state index contributed by atoms with van der Waals surface area (Å²) in [5.41, 5.74) is 7.88. The number of anilines is 1. The maximum Gasteiger partial charge on any atom is 0.113 e. The Morgan fingerprint density at radius 2 is 2.20 bits per heavy atom. The van der Waals surface area contributed by atoms with Crippen molar-refractivity contribution in [1.82, 2.24) is 0 Å². The molecule has 3 nitrogen and oxygen atoms in total. The minimum Gasteiger partial charge on any atom is -0.386 e. The minimum absolute atomic E-state index is 0.0446. The van der Waals surface area contributed by atoms with Crippen molar-refractivity contribution < 1.29 is 0 Å². The van der Waals surface area contributed by atoms with Gasteiger partial charge in [0.15, 0.2) is 0 Å². The predicted octanol–water partition coefficient (Wildman–Crippen LogP) is 2.15. The van der Waals surface area contributed by atoms with E-state index in [0.29, 0.717) is 0 Å². The first-order valence-electron chi connectivity index (χ1n) is 5.23. The summed E-state index contributed by atoms with van der Waals surface area (Å²) in [6.07, 6.45) is 0. The van der Waals surface area contributed by atoms with E-state index in [2.05, 4.69) is 36.9 Å². The summed E-state index contributed by atoms with van der Waals surface area (Å²) in [6, 6.07) is 8.21. The Kier molecular flexibility index (Phi) is 3.72. The number of aryl methyl sites for hydroxylation is 1. The number of amidine groups is 1. The maximum atomic E-state index is 7.47. The van der Waals surface area contributed by atoms with E-state index in [1.165, 1.54) is 5.56 Å². The van der Waals surface area contributed by atoms with Gasteiger partial charge in [0, 0.05) is 12.2 Å². The van der Waals surface area contributed by atoms with Gasteiger partial charge in [-0.25, -0.2) is 0 Å². The smallest absolute Gasteiger partial charge is 0.113 e. The summed E-state index contributed by atoms with van der Waals surface area (Å²) in [4.78, 5) is 2.12. The lowest BCUT2D eigenvalue weighted by Gasteiger charge is -2.29. The van der Waals surface area contributed by atoms with E-state index in [4.69, 9.17) is 11.1 Å². The van der Waals surface area contributed by atoms with Crippen LogP contribution >= 0.6 is 0 Å². The highest BCUT2D eigenvalue weighted by atomic mass is 15.2. The van der Waals surface area contributed by atoms with Crippen molar-refractivity contribution in [3.63, 3.8) is 0 Å². The molecule has 0 aliphatic heterocycles. The van der Waals surface area contributed by atoms with Gasteiger partial charge in [0.1, 0.15) is 5.84 Å². The van der Waals surface area contributed by atoms with Gasteiger partial charge in [-0.15, -0.1) is 0 Å². The van der Waals surface area contributed by atoms with E-state index in [0.717, 1.165) is 12.2 Å². The normalized spacial score (nSPS) is 12.2. The van der Waals surface area contributed by atoms with Crippen LogP contribution in [0, 0.1) is 12.3 Å². The lowest BCUT2D eigenvalue weighted by atomic mass is 10.1. The number of nitrogens with two attached hydrogens (primary N) is 1. The van der Waals surface area contributed by atoms with Gasteiger partial charge in [-0.3, -0.25) is 5.41 Å². The molecule has 15 heavy (non-hydrogen) atoms. The molecule has 0 spiro atoms. The van der Waals surface area contributed by atoms with Gasteiger partial charge in [0.2, 0.25) is 0 Å². The van der Waals surface area contributed by atoms with E-state index in [1.54, 1.807) is 0 Å². The zero-order valence-corrected chi connectivity index (χ0v) is 9.62. The number of rotatable bonds is 4. The van der Waals surface area contributed by atoms with Gasteiger partial charge in [-0.05, 0) is 38.5 Å². The van der Waals surface area contributed by atoms with Crippen molar-refractivity contribution in [3.8, 4) is 0 Å². The van der Waals surface area contributed by atoms with E-state index < -0.39 is 0 Å². The molecule has 1 aromatic carbocycles. The standard InChI is InChI=1S/C12H19N3/c1-4-15(10(3)12(13)14)11-7-5-6-9(2)8-11/h5-8,10H,4H2,1-3H3,(H3,13,14). The van der Waals surface area contributed by atoms with E-state index >= 15 is 0 Å². The zero-order chi connectivity index (χ0) is 11.4. The Hall–Kier alpha value is -1.51. The molecule has 0 amide bonds. The minimum atomic E-state index is -0.0446. The van der Waals surface area contributed by atoms with Crippen LogP contribution in [0.2, 0.25) is 0 Å². The largest absolute Gasteiger partial charge is 0.386 e. The van der Waals surface area contributed by atoms with Crippen LogP contribution in [0.4, 0.5) is 5.69 Å². The summed E-state index contributed by atoms with van der Waals surface area (Å²) < 4.78 is 0. The zero-order valence-electron chi connectivity index (χ0n) is 9.62. The van der Waals surface area contributed by atoms with Crippen LogP contribution in [-0.2, 0) is 0 Å². The molecule has 1 atom stereocenters. The first kappa shape index (κ1) is 11.6. The highest BCUT2D eigenvalue weighted by molar-refractivity contribution is 5.85. The van der Waals surface area contributed by atoms with Gasteiger partial charge in [0.05, 0.1) is 6.04 Å². The Morgan fingerprint density at radius 3 is 2.67 bits per heavy atom. The van der Waals surface area contributed by atoms with Crippen molar-refractivity contribution in [2.75, 3.05) is 11.4 Å². The lowest BCUT2D eigenvalue weighted by Crippen LogP contribution is -2.42. The Morgan fingerprint density at radius 1 is 1.53 bits per heavy atom. The molecule has 0 radical (unpaired) electrons. The number of likely N-dealkylation sites (N-methyl/N-ethyl adjacent to an activating group) is 1. The first-order chi connectivity index (χ1) is 7.06. The fraction of sp³-hybridized carbons (Fsp3) is 0.417. The molecule has 3 N–H and O–H groups in total. The van der Waals surface area contributed by atoms with Crippen LogP contribution in [0.15, 0.2) is 24.3 Å². The molecule has 1 unspecified atom stereocenters. The van der Waals surface area contributed by atoms with E-state index in [-0.39, 0.29) is 11.9 Å². The van der Waals surface area contributed by atoms with Crippen LogP contribution in [0.25, 0.3) is 0 Å². The van der Waals surface area contributed by atoms with Crippen LogP contribution in [-0.4, -0.2) is 18.4 Å². The van der Waals surface area contributed by atoms with Crippen LogP contribution in [0.3, 0.4) is 0 Å².